The number of fused-ring (bicyclic) bond motifs is 1. The van der Waals surface area contributed by atoms with Crippen LogP contribution in [0.2, 0.25) is 0 Å². The molecule has 0 fully saturated rings. The maximum Gasteiger partial charge on any atom is 0.129 e. The van der Waals surface area contributed by atoms with Gasteiger partial charge in [-0.1, -0.05) is 17.7 Å². The van der Waals surface area contributed by atoms with Crippen molar-refractivity contribution in [3.8, 4) is 5.75 Å². The van der Waals surface area contributed by atoms with Gasteiger partial charge in [-0.05, 0) is 26.8 Å². The lowest BCUT2D eigenvalue weighted by Gasteiger charge is -2.30. The average Bonchev–Trinajstić information content (AvgIpc) is 2.89. The van der Waals surface area contributed by atoms with E-state index >= 15 is 0 Å². The van der Waals surface area contributed by atoms with E-state index in [4.69, 9.17) is 10.5 Å². The van der Waals surface area contributed by atoms with Gasteiger partial charge in [0.05, 0.1) is 6.20 Å². The van der Waals surface area contributed by atoms with Crippen molar-refractivity contribution in [2.75, 3.05) is 0 Å². The third-order valence-corrected chi connectivity index (χ3v) is 3.82. The molecule has 1 aliphatic heterocycles. The van der Waals surface area contributed by atoms with Gasteiger partial charge in [0.1, 0.15) is 11.9 Å². The summed E-state index contributed by atoms with van der Waals surface area (Å²) in [6.45, 7) is 6.30. The molecule has 0 aliphatic carbocycles. The Morgan fingerprint density at radius 1 is 1.40 bits per heavy atom. The number of nitrogens with two attached hydrogens (primary N) is 1. The summed E-state index contributed by atoms with van der Waals surface area (Å²) in [5.41, 5.74) is 9.73. The first-order chi connectivity index (χ1) is 9.54. The van der Waals surface area contributed by atoms with Crippen molar-refractivity contribution >= 4 is 0 Å². The van der Waals surface area contributed by atoms with Gasteiger partial charge in [0, 0.05) is 35.8 Å². The Kier molecular flexibility index (Phi) is 3.26. The van der Waals surface area contributed by atoms with Crippen LogP contribution in [-0.2, 0) is 0 Å². The number of nitrogens with zero attached hydrogens (tertiary/aromatic N) is 2. The van der Waals surface area contributed by atoms with Crippen LogP contribution in [0.25, 0.3) is 0 Å². The second-order valence-electron chi connectivity index (χ2n) is 5.84. The Labute approximate surface area is 119 Å². The zero-order chi connectivity index (χ0) is 14.3. The molecule has 0 radical (unpaired) electrons. The number of benzene rings is 1. The Balaban J connectivity index is 1.88. The first-order valence-electron chi connectivity index (χ1n) is 7.11. The lowest BCUT2D eigenvalue weighted by molar-refractivity contribution is 0.161. The fourth-order valence-electron chi connectivity index (χ4n) is 2.63. The number of aryl methyl sites for hydroxylation is 1. The van der Waals surface area contributed by atoms with Crippen molar-refractivity contribution in [2.45, 2.75) is 45.4 Å². The highest BCUT2D eigenvalue weighted by Crippen LogP contribution is 2.39. The van der Waals surface area contributed by atoms with Crippen LogP contribution in [0.4, 0.5) is 0 Å². The van der Waals surface area contributed by atoms with Gasteiger partial charge < -0.3 is 10.5 Å². The van der Waals surface area contributed by atoms with Crippen LogP contribution in [-0.4, -0.2) is 9.78 Å². The Bertz CT molecular complexity index is 618. The van der Waals surface area contributed by atoms with Gasteiger partial charge in [-0.25, -0.2) is 0 Å². The van der Waals surface area contributed by atoms with Crippen molar-refractivity contribution in [3.63, 3.8) is 0 Å². The predicted octanol–water partition coefficient (Wildman–Crippen LogP) is 3.30. The highest BCUT2D eigenvalue weighted by molar-refractivity contribution is 5.41. The summed E-state index contributed by atoms with van der Waals surface area (Å²) < 4.78 is 8.06. The summed E-state index contributed by atoms with van der Waals surface area (Å²) in [7, 11) is 0. The first-order valence-corrected chi connectivity index (χ1v) is 7.11. The monoisotopic (exact) mass is 271 g/mol. The molecule has 20 heavy (non-hydrogen) atoms. The van der Waals surface area contributed by atoms with E-state index in [1.54, 1.807) is 0 Å². The van der Waals surface area contributed by atoms with E-state index < -0.39 is 0 Å². The molecule has 0 saturated carbocycles. The van der Waals surface area contributed by atoms with Crippen molar-refractivity contribution < 1.29 is 4.74 Å². The van der Waals surface area contributed by atoms with E-state index in [1.165, 1.54) is 5.56 Å². The van der Waals surface area contributed by atoms with Crippen molar-refractivity contribution in [1.29, 1.82) is 0 Å². The largest absolute Gasteiger partial charge is 0.485 e. The van der Waals surface area contributed by atoms with E-state index in [1.807, 2.05) is 16.9 Å². The smallest absolute Gasteiger partial charge is 0.129 e. The van der Waals surface area contributed by atoms with E-state index in [-0.39, 0.29) is 12.1 Å². The van der Waals surface area contributed by atoms with Crippen LogP contribution in [0.5, 0.6) is 5.75 Å². The summed E-state index contributed by atoms with van der Waals surface area (Å²) in [6.07, 6.45) is 4.73. The highest BCUT2D eigenvalue weighted by atomic mass is 16.5. The van der Waals surface area contributed by atoms with Crippen LogP contribution < -0.4 is 10.5 Å². The molecule has 1 aromatic heterocycles. The second kappa shape index (κ2) is 4.94. The molecule has 0 spiro atoms. The zero-order valence-electron chi connectivity index (χ0n) is 12.2. The van der Waals surface area contributed by atoms with Gasteiger partial charge in [-0.3, -0.25) is 4.68 Å². The van der Waals surface area contributed by atoms with Crippen LogP contribution in [0.1, 0.15) is 55.1 Å². The lowest BCUT2D eigenvalue weighted by atomic mass is 9.94. The number of aromatic nitrogens is 2. The molecule has 1 unspecified atom stereocenters. The first kappa shape index (κ1) is 13.2. The topological polar surface area (TPSA) is 53.1 Å². The van der Waals surface area contributed by atoms with Gasteiger partial charge in [0.15, 0.2) is 0 Å². The number of hydrogen-bond acceptors (Lipinski definition) is 3. The van der Waals surface area contributed by atoms with Gasteiger partial charge in [0.25, 0.3) is 0 Å². The van der Waals surface area contributed by atoms with Crippen LogP contribution in [0.15, 0.2) is 30.6 Å². The van der Waals surface area contributed by atoms with Crippen molar-refractivity contribution in [2.24, 2.45) is 5.73 Å². The van der Waals surface area contributed by atoms with Crippen LogP contribution in [0.3, 0.4) is 0 Å². The summed E-state index contributed by atoms with van der Waals surface area (Å²) in [5, 5.41) is 4.38. The predicted molar refractivity (Wildman–Crippen MR) is 78.7 cm³/mol. The normalized spacial score (nSPS) is 21.6. The van der Waals surface area contributed by atoms with E-state index in [9.17, 15) is 0 Å². The molecule has 2 N–H and O–H groups in total. The van der Waals surface area contributed by atoms with Gasteiger partial charge >= 0.3 is 0 Å². The maximum absolute atomic E-state index is 6.30. The van der Waals surface area contributed by atoms with E-state index in [0.717, 1.165) is 23.3 Å². The van der Waals surface area contributed by atoms with Gasteiger partial charge in [-0.15, -0.1) is 0 Å². The fourth-order valence-corrected chi connectivity index (χ4v) is 2.63. The molecule has 4 nitrogen and oxygen atoms in total. The fraction of sp³-hybridized carbons (Fsp3) is 0.438. The molecule has 4 heteroatoms. The van der Waals surface area contributed by atoms with Crippen LogP contribution >= 0.6 is 0 Å². The standard InChI is InChI=1S/C16H21N3O/c1-10(2)19-9-12(8-18-19)16-7-14(17)13-6-11(3)4-5-15(13)20-16/h4-6,8-10,14,16H,7,17H2,1-3H3/t14-,16?/m0/s1. The van der Waals surface area contributed by atoms with Crippen LogP contribution in [0, 0.1) is 6.92 Å². The Morgan fingerprint density at radius 3 is 2.90 bits per heavy atom. The molecule has 1 aliphatic rings. The molecule has 2 aromatic rings. The SMILES string of the molecule is Cc1ccc2c(c1)[C@@H](N)CC(c1cnn(C(C)C)c1)O2. The lowest BCUT2D eigenvalue weighted by Crippen LogP contribution is -2.24. The molecular formula is C16H21N3O. The van der Waals surface area contributed by atoms with Crippen molar-refractivity contribution in [1.82, 2.24) is 9.78 Å². The zero-order valence-corrected chi connectivity index (χ0v) is 12.2. The minimum absolute atomic E-state index is 0.00675. The molecule has 2 atom stereocenters. The molecule has 106 valence electrons. The second-order valence-corrected chi connectivity index (χ2v) is 5.84. The minimum atomic E-state index is -0.00675. The van der Waals surface area contributed by atoms with Gasteiger partial charge in [-0.2, -0.15) is 5.10 Å². The number of rotatable bonds is 2. The third kappa shape index (κ3) is 2.31. The number of ether oxygens (including phenoxy) is 1. The summed E-state index contributed by atoms with van der Waals surface area (Å²) in [5.74, 6) is 0.900. The van der Waals surface area contributed by atoms with Crippen molar-refractivity contribution in [3.05, 3.63) is 47.3 Å². The number of hydrogen-bond donors (Lipinski definition) is 1. The molecule has 0 bridgehead atoms. The highest BCUT2D eigenvalue weighted by Gasteiger charge is 2.28. The van der Waals surface area contributed by atoms with E-state index in [2.05, 4.69) is 44.2 Å². The molecular weight excluding hydrogens is 250 g/mol. The Hall–Kier alpha value is -1.81. The average molecular weight is 271 g/mol. The quantitative estimate of drug-likeness (QED) is 0.911. The minimum Gasteiger partial charge on any atom is -0.485 e. The molecule has 1 aromatic carbocycles. The molecule has 2 heterocycles. The molecule has 0 amide bonds. The Morgan fingerprint density at radius 2 is 2.20 bits per heavy atom. The molecule has 0 saturated heterocycles. The summed E-state index contributed by atoms with van der Waals surface area (Å²) in [6, 6.07) is 6.57. The summed E-state index contributed by atoms with van der Waals surface area (Å²) in [4.78, 5) is 0. The maximum atomic E-state index is 6.30. The summed E-state index contributed by atoms with van der Waals surface area (Å²) >= 11 is 0. The van der Waals surface area contributed by atoms with Gasteiger partial charge in [0.2, 0.25) is 0 Å². The molecule has 3 rings (SSSR count). The van der Waals surface area contributed by atoms with E-state index in [0.29, 0.717) is 6.04 Å². The third-order valence-electron chi connectivity index (χ3n) is 3.82.